The Morgan fingerprint density at radius 1 is 0.477 bits per heavy atom. The van der Waals surface area contributed by atoms with Crippen LogP contribution in [0, 0.1) is 0 Å². The van der Waals surface area contributed by atoms with Gasteiger partial charge in [0, 0.05) is 48.5 Å². The van der Waals surface area contributed by atoms with Crippen molar-refractivity contribution in [3.8, 4) is 0 Å². The molecule has 0 saturated carbocycles. The van der Waals surface area contributed by atoms with E-state index >= 15 is 0 Å². The number of carbonyl (C=O) groups excluding carboxylic acids is 7. The minimum absolute atomic E-state index is 0.523. The first-order valence-corrected chi connectivity index (χ1v) is 13.3. The normalized spacial score (nSPS) is 31.5. The monoisotopic (exact) mass is 636 g/mol. The van der Waals surface area contributed by atoms with Crippen LogP contribution in [0.5, 0.6) is 0 Å². The van der Waals surface area contributed by atoms with Crippen LogP contribution in [0.3, 0.4) is 0 Å². The van der Waals surface area contributed by atoms with E-state index in [0.717, 1.165) is 48.5 Å². The van der Waals surface area contributed by atoms with E-state index in [9.17, 15) is 38.7 Å². The second-order valence-electron chi connectivity index (χ2n) is 9.69. The molecular formula is C26H36O18. The summed E-state index contributed by atoms with van der Waals surface area (Å²) in [6, 6.07) is 0. The van der Waals surface area contributed by atoms with Gasteiger partial charge < -0.3 is 52.5 Å². The number of aliphatic hydroxyl groups excluding tert-OH is 1. The van der Waals surface area contributed by atoms with Gasteiger partial charge in [-0.2, -0.15) is 0 Å². The van der Waals surface area contributed by atoms with Crippen LogP contribution in [0.2, 0.25) is 0 Å². The molecule has 0 bridgehead atoms. The first-order chi connectivity index (χ1) is 20.5. The van der Waals surface area contributed by atoms with Crippen LogP contribution in [-0.4, -0.2) is 122 Å². The van der Waals surface area contributed by atoms with Crippen LogP contribution in [0.1, 0.15) is 48.5 Å². The quantitative estimate of drug-likeness (QED) is 0.203. The van der Waals surface area contributed by atoms with Gasteiger partial charge in [-0.25, -0.2) is 0 Å². The van der Waals surface area contributed by atoms with Crippen LogP contribution in [0.15, 0.2) is 0 Å². The molecule has 0 aromatic heterocycles. The lowest BCUT2D eigenvalue weighted by atomic mass is 9.97. The molecule has 44 heavy (non-hydrogen) atoms. The highest BCUT2D eigenvalue weighted by Crippen LogP contribution is 2.32. The van der Waals surface area contributed by atoms with E-state index in [1.807, 2.05) is 0 Å². The van der Waals surface area contributed by atoms with E-state index in [0.29, 0.717) is 0 Å². The molecule has 0 aromatic carbocycles. The molecule has 2 saturated heterocycles. The molecule has 0 amide bonds. The van der Waals surface area contributed by atoms with E-state index in [1.165, 1.54) is 0 Å². The summed E-state index contributed by atoms with van der Waals surface area (Å²) in [5.41, 5.74) is 0. The standard InChI is InChI=1S/C26H36O18/c1-10(27)35-8-18-20(38-12(3)29)22(40-14(5)31)24(42-16(7)33)26(44-18)36-9-17-19(37-11(2)28)21(39-13(4)30)23(25(34)43-17)41-15(6)32/h17-26,34H,8-9H2,1-7H3/t17-,18-,19-,20-,21+,22+,23+,24-,25-,26-/m1/s1. The van der Waals surface area contributed by atoms with Gasteiger partial charge in [-0.3, -0.25) is 33.6 Å². The predicted molar refractivity (Wildman–Crippen MR) is 135 cm³/mol. The van der Waals surface area contributed by atoms with Crippen molar-refractivity contribution in [1.82, 2.24) is 0 Å². The van der Waals surface area contributed by atoms with Crippen molar-refractivity contribution in [2.45, 2.75) is 110 Å². The fraction of sp³-hybridized carbons (Fsp3) is 0.731. The summed E-state index contributed by atoms with van der Waals surface area (Å²) in [6.07, 6.45) is -15.6. The summed E-state index contributed by atoms with van der Waals surface area (Å²) >= 11 is 0. The van der Waals surface area contributed by atoms with Gasteiger partial charge in [0.15, 0.2) is 49.2 Å². The Hall–Kier alpha value is -3.87. The van der Waals surface area contributed by atoms with Gasteiger partial charge in [-0.1, -0.05) is 0 Å². The number of esters is 7. The molecule has 0 radical (unpaired) electrons. The SMILES string of the molecule is CC(=O)OC[C@H]1O[C@@H](OC[C@H]2O[C@@H](O)[C@@H](OC(C)=O)[C@@H](OC(C)=O)[C@@H]2OC(C)=O)[C@H](OC(C)=O)[C@@H](OC(C)=O)[C@@H]1OC(C)=O. The van der Waals surface area contributed by atoms with E-state index in [4.69, 9.17) is 47.4 Å². The van der Waals surface area contributed by atoms with E-state index in [2.05, 4.69) is 0 Å². The van der Waals surface area contributed by atoms with Gasteiger partial charge in [0.25, 0.3) is 0 Å². The van der Waals surface area contributed by atoms with Crippen molar-refractivity contribution in [3.63, 3.8) is 0 Å². The maximum atomic E-state index is 12.1. The number of aliphatic hydroxyl groups is 1. The van der Waals surface area contributed by atoms with Crippen LogP contribution >= 0.6 is 0 Å². The zero-order valence-electron chi connectivity index (χ0n) is 25.1. The smallest absolute Gasteiger partial charge is 0.303 e. The zero-order valence-corrected chi connectivity index (χ0v) is 25.1. The fourth-order valence-corrected chi connectivity index (χ4v) is 4.52. The number of rotatable bonds is 11. The van der Waals surface area contributed by atoms with Crippen LogP contribution in [-0.2, 0) is 80.9 Å². The maximum absolute atomic E-state index is 12.1. The maximum Gasteiger partial charge on any atom is 0.303 e. The molecule has 2 rings (SSSR count). The lowest BCUT2D eigenvalue weighted by Gasteiger charge is -2.45. The highest BCUT2D eigenvalue weighted by atomic mass is 16.7. The Labute approximate surface area is 251 Å². The molecule has 1 N–H and O–H groups in total. The molecule has 0 aliphatic carbocycles. The molecule has 18 nitrogen and oxygen atoms in total. The van der Waals surface area contributed by atoms with Gasteiger partial charge in [0.1, 0.15) is 18.8 Å². The molecule has 2 heterocycles. The molecule has 18 heteroatoms. The minimum Gasteiger partial charge on any atom is -0.463 e. The van der Waals surface area contributed by atoms with Crippen molar-refractivity contribution in [1.29, 1.82) is 0 Å². The molecule has 10 atom stereocenters. The lowest BCUT2D eigenvalue weighted by Crippen LogP contribution is -2.64. The first-order valence-electron chi connectivity index (χ1n) is 13.3. The van der Waals surface area contributed by atoms with Crippen LogP contribution in [0.4, 0.5) is 0 Å². The number of ether oxygens (including phenoxy) is 10. The second-order valence-corrected chi connectivity index (χ2v) is 9.69. The van der Waals surface area contributed by atoms with E-state index in [-0.39, 0.29) is 0 Å². The molecule has 2 aliphatic heterocycles. The fourth-order valence-electron chi connectivity index (χ4n) is 4.52. The average Bonchev–Trinajstić information content (AvgIpc) is 2.87. The van der Waals surface area contributed by atoms with Gasteiger partial charge in [-0.05, 0) is 0 Å². The third-order valence-electron chi connectivity index (χ3n) is 5.89. The van der Waals surface area contributed by atoms with Gasteiger partial charge in [-0.15, -0.1) is 0 Å². The summed E-state index contributed by atoms with van der Waals surface area (Å²) < 4.78 is 53.7. The van der Waals surface area contributed by atoms with Gasteiger partial charge >= 0.3 is 41.8 Å². The van der Waals surface area contributed by atoms with Crippen molar-refractivity contribution >= 4 is 41.8 Å². The van der Waals surface area contributed by atoms with Crippen LogP contribution < -0.4 is 0 Å². The van der Waals surface area contributed by atoms with Crippen LogP contribution in [0.25, 0.3) is 0 Å². The first kappa shape index (κ1) is 36.3. The van der Waals surface area contributed by atoms with Crippen molar-refractivity contribution in [2.75, 3.05) is 13.2 Å². The number of hydrogen-bond acceptors (Lipinski definition) is 18. The minimum atomic E-state index is -1.90. The van der Waals surface area contributed by atoms with Crippen molar-refractivity contribution < 1.29 is 86.0 Å². The largest absolute Gasteiger partial charge is 0.463 e. The topological polar surface area (TPSA) is 232 Å². The number of carbonyl (C=O) groups is 7. The summed E-state index contributed by atoms with van der Waals surface area (Å²) in [7, 11) is 0. The Morgan fingerprint density at radius 3 is 1.27 bits per heavy atom. The molecule has 2 aliphatic rings. The molecule has 2 fully saturated rings. The van der Waals surface area contributed by atoms with E-state index < -0.39 is 116 Å². The summed E-state index contributed by atoms with van der Waals surface area (Å²) in [6.45, 7) is 6.15. The molecule has 248 valence electrons. The Morgan fingerprint density at radius 2 is 0.841 bits per heavy atom. The van der Waals surface area contributed by atoms with Gasteiger partial charge in [0.2, 0.25) is 0 Å². The molecular weight excluding hydrogens is 600 g/mol. The third-order valence-corrected chi connectivity index (χ3v) is 5.89. The Kier molecular flexibility index (Phi) is 13.4. The predicted octanol–water partition coefficient (Wildman–Crippen LogP) is -1.40. The summed E-state index contributed by atoms with van der Waals surface area (Å²) in [5, 5.41) is 10.6. The van der Waals surface area contributed by atoms with Gasteiger partial charge in [0.05, 0.1) is 6.61 Å². The Balaban J connectivity index is 2.48. The average molecular weight is 637 g/mol. The summed E-state index contributed by atoms with van der Waals surface area (Å²) in [5.74, 6) is -5.94. The lowest BCUT2D eigenvalue weighted by molar-refractivity contribution is -0.330. The highest BCUT2D eigenvalue weighted by Gasteiger charge is 2.55. The second kappa shape index (κ2) is 16.3. The van der Waals surface area contributed by atoms with Crippen molar-refractivity contribution in [2.24, 2.45) is 0 Å². The van der Waals surface area contributed by atoms with E-state index in [1.54, 1.807) is 0 Å². The Bertz CT molecular complexity index is 1090. The molecule has 0 spiro atoms. The van der Waals surface area contributed by atoms with Crippen molar-refractivity contribution in [3.05, 3.63) is 0 Å². The summed E-state index contributed by atoms with van der Waals surface area (Å²) in [4.78, 5) is 83.0. The molecule has 0 unspecified atom stereocenters. The number of hydrogen-bond donors (Lipinski definition) is 1. The highest BCUT2D eigenvalue weighted by molar-refractivity contribution is 5.69. The zero-order chi connectivity index (χ0) is 33.3. The third kappa shape index (κ3) is 10.7. The molecule has 0 aromatic rings.